The number of hydrogen-bond acceptors (Lipinski definition) is 3. The Hall–Kier alpha value is -0.610. The van der Waals surface area contributed by atoms with Crippen LogP contribution in [0.4, 0.5) is 0 Å². The van der Waals surface area contributed by atoms with Crippen molar-refractivity contribution in [3.8, 4) is 0 Å². The first-order valence-corrected chi connectivity index (χ1v) is 5.69. The van der Waals surface area contributed by atoms with E-state index in [9.17, 15) is 4.79 Å². The number of nitrogens with two attached hydrogens (primary N) is 1. The van der Waals surface area contributed by atoms with Crippen molar-refractivity contribution < 1.29 is 4.79 Å². The molecule has 0 aromatic rings. The maximum Gasteiger partial charge on any atom is 0.238 e. The summed E-state index contributed by atoms with van der Waals surface area (Å²) in [5, 5.41) is 3.22. The predicted molar refractivity (Wildman–Crippen MR) is 63.7 cm³/mol. The number of likely N-dealkylation sites (N-methyl/N-ethyl adjacent to an activating group) is 1. The molecule has 0 aliphatic rings. The third-order valence-corrected chi connectivity index (χ3v) is 2.50. The van der Waals surface area contributed by atoms with Crippen molar-refractivity contribution in [2.75, 3.05) is 26.7 Å². The van der Waals surface area contributed by atoms with Gasteiger partial charge in [0.2, 0.25) is 5.91 Å². The Morgan fingerprint density at radius 3 is 2.40 bits per heavy atom. The first kappa shape index (κ1) is 14.4. The molecule has 1 amide bonds. The van der Waals surface area contributed by atoms with E-state index in [1.54, 1.807) is 0 Å². The third kappa shape index (κ3) is 5.14. The van der Waals surface area contributed by atoms with Crippen molar-refractivity contribution >= 4 is 5.91 Å². The summed E-state index contributed by atoms with van der Waals surface area (Å²) in [5.74, 6) is -0.279. The van der Waals surface area contributed by atoms with E-state index in [4.69, 9.17) is 5.73 Å². The van der Waals surface area contributed by atoms with Gasteiger partial charge in [-0.3, -0.25) is 4.79 Å². The Labute approximate surface area is 93.2 Å². The molecule has 0 heterocycles. The molecule has 15 heavy (non-hydrogen) atoms. The lowest BCUT2D eigenvalue weighted by molar-refractivity contribution is -0.124. The Kier molecular flexibility index (Phi) is 6.52. The van der Waals surface area contributed by atoms with Crippen molar-refractivity contribution in [2.24, 2.45) is 5.73 Å². The molecule has 0 aliphatic carbocycles. The Bertz CT molecular complexity index is 196. The molecule has 0 aliphatic heterocycles. The number of nitrogens with one attached hydrogen (secondary N) is 1. The monoisotopic (exact) mass is 215 g/mol. The van der Waals surface area contributed by atoms with Crippen LogP contribution in [0.25, 0.3) is 0 Å². The van der Waals surface area contributed by atoms with E-state index >= 15 is 0 Å². The number of amides is 1. The summed E-state index contributed by atoms with van der Waals surface area (Å²) in [6, 6.07) is 0. The molecule has 90 valence electrons. The highest BCUT2D eigenvalue weighted by atomic mass is 16.1. The van der Waals surface area contributed by atoms with Crippen LogP contribution in [0.5, 0.6) is 0 Å². The number of rotatable bonds is 8. The average Bonchev–Trinajstić information content (AvgIpc) is 2.14. The second-order valence-corrected chi connectivity index (χ2v) is 4.36. The zero-order chi connectivity index (χ0) is 11.9. The normalized spacial score (nSPS) is 15.3. The van der Waals surface area contributed by atoms with E-state index in [2.05, 4.69) is 24.1 Å². The lowest BCUT2D eigenvalue weighted by Gasteiger charge is -2.32. The Morgan fingerprint density at radius 1 is 1.40 bits per heavy atom. The Balaban J connectivity index is 4.30. The number of hydrogen-bond donors (Lipinski definition) is 2. The fourth-order valence-corrected chi connectivity index (χ4v) is 1.62. The van der Waals surface area contributed by atoms with Crippen LogP contribution in [-0.4, -0.2) is 43.0 Å². The highest BCUT2D eigenvalue weighted by Gasteiger charge is 2.31. The standard InChI is InChI=1S/C11H25N3O/c1-5-7-13-11(3,10(12)15)9-14(4)8-6-2/h13H,5-9H2,1-4H3,(H2,12,15). The predicted octanol–water partition coefficient (Wildman–Crippen LogP) is 0.572. The molecule has 0 spiro atoms. The summed E-state index contributed by atoms with van der Waals surface area (Å²) in [4.78, 5) is 13.5. The molecule has 0 saturated heterocycles. The van der Waals surface area contributed by atoms with Gasteiger partial charge in [-0.25, -0.2) is 0 Å². The van der Waals surface area contributed by atoms with E-state index in [0.29, 0.717) is 6.54 Å². The molecule has 3 N–H and O–H groups in total. The van der Waals surface area contributed by atoms with E-state index in [-0.39, 0.29) is 5.91 Å². The maximum absolute atomic E-state index is 11.4. The number of carbonyl (C=O) groups excluding carboxylic acids is 1. The van der Waals surface area contributed by atoms with Crippen molar-refractivity contribution in [3.05, 3.63) is 0 Å². The summed E-state index contributed by atoms with van der Waals surface area (Å²) in [5.41, 5.74) is 4.82. The lowest BCUT2D eigenvalue weighted by Crippen LogP contribution is -2.59. The molecule has 0 rings (SSSR count). The van der Waals surface area contributed by atoms with Gasteiger partial charge in [-0.2, -0.15) is 0 Å². The van der Waals surface area contributed by atoms with Crippen molar-refractivity contribution in [1.29, 1.82) is 0 Å². The van der Waals surface area contributed by atoms with E-state index in [1.165, 1.54) is 0 Å². The molecule has 4 heteroatoms. The van der Waals surface area contributed by atoms with E-state index < -0.39 is 5.54 Å². The van der Waals surface area contributed by atoms with E-state index in [1.807, 2.05) is 14.0 Å². The van der Waals surface area contributed by atoms with Crippen LogP contribution in [0.2, 0.25) is 0 Å². The maximum atomic E-state index is 11.4. The van der Waals surface area contributed by atoms with Crippen LogP contribution in [0.1, 0.15) is 33.6 Å². The van der Waals surface area contributed by atoms with Gasteiger partial charge in [0.05, 0.1) is 0 Å². The molecule has 0 radical (unpaired) electrons. The number of nitrogens with zero attached hydrogens (tertiary/aromatic N) is 1. The van der Waals surface area contributed by atoms with Gasteiger partial charge in [-0.1, -0.05) is 13.8 Å². The summed E-state index contributed by atoms with van der Waals surface area (Å²) in [6.07, 6.45) is 2.08. The zero-order valence-electron chi connectivity index (χ0n) is 10.5. The van der Waals surface area contributed by atoms with Gasteiger partial charge < -0.3 is 16.0 Å². The van der Waals surface area contributed by atoms with Gasteiger partial charge in [0.25, 0.3) is 0 Å². The average molecular weight is 215 g/mol. The van der Waals surface area contributed by atoms with Gasteiger partial charge in [-0.15, -0.1) is 0 Å². The van der Waals surface area contributed by atoms with Crippen LogP contribution in [-0.2, 0) is 4.79 Å². The lowest BCUT2D eigenvalue weighted by atomic mass is 10.0. The smallest absolute Gasteiger partial charge is 0.238 e. The minimum absolute atomic E-state index is 0.279. The second-order valence-electron chi connectivity index (χ2n) is 4.36. The number of carbonyl (C=O) groups is 1. The topological polar surface area (TPSA) is 58.4 Å². The van der Waals surface area contributed by atoms with E-state index in [0.717, 1.165) is 25.9 Å². The third-order valence-electron chi connectivity index (χ3n) is 2.50. The van der Waals surface area contributed by atoms with Gasteiger partial charge in [0, 0.05) is 6.54 Å². The SMILES string of the molecule is CCCNC(C)(CN(C)CCC)C(N)=O. The van der Waals surface area contributed by atoms with Crippen LogP contribution in [0.3, 0.4) is 0 Å². The fraction of sp³-hybridized carbons (Fsp3) is 0.909. The molecule has 1 unspecified atom stereocenters. The van der Waals surface area contributed by atoms with Crippen LogP contribution in [0.15, 0.2) is 0 Å². The van der Waals surface area contributed by atoms with Gasteiger partial charge in [-0.05, 0) is 39.9 Å². The summed E-state index contributed by atoms with van der Waals surface area (Å²) >= 11 is 0. The highest BCUT2D eigenvalue weighted by Crippen LogP contribution is 2.05. The molecule has 0 saturated carbocycles. The quantitative estimate of drug-likeness (QED) is 0.622. The molecule has 1 atom stereocenters. The molecular weight excluding hydrogens is 190 g/mol. The van der Waals surface area contributed by atoms with Crippen molar-refractivity contribution in [2.45, 2.75) is 39.2 Å². The summed E-state index contributed by atoms with van der Waals surface area (Å²) < 4.78 is 0. The second kappa shape index (κ2) is 6.80. The largest absolute Gasteiger partial charge is 0.368 e. The number of primary amides is 1. The fourth-order valence-electron chi connectivity index (χ4n) is 1.62. The van der Waals surface area contributed by atoms with Crippen LogP contribution >= 0.6 is 0 Å². The van der Waals surface area contributed by atoms with Crippen molar-refractivity contribution in [3.63, 3.8) is 0 Å². The van der Waals surface area contributed by atoms with Crippen molar-refractivity contribution in [1.82, 2.24) is 10.2 Å². The zero-order valence-corrected chi connectivity index (χ0v) is 10.5. The van der Waals surface area contributed by atoms with Gasteiger partial charge in [0.1, 0.15) is 5.54 Å². The molecule has 0 aromatic heterocycles. The first-order chi connectivity index (χ1) is 6.96. The summed E-state index contributed by atoms with van der Waals surface area (Å²) in [6.45, 7) is 8.53. The molecule has 0 aromatic carbocycles. The van der Waals surface area contributed by atoms with Gasteiger partial charge in [0.15, 0.2) is 0 Å². The van der Waals surface area contributed by atoms with Crippen LogP contribution < -0.4 is 11.1 Å². The highest BCUT2D eigenvalue weighted by molar-refractivity contribution is 5.84. The first-order valence-electron chi connectivity index (χ1n) is 5.69. The molecule has 0 fully saturated rings. The molecule has 4 nitrogen and oxygen atoms in total. The van der Waals surface area contributed by atoms with Gasteiger partial charge >= 0.3 is 0 Å². The minimum atomic E-state index is -0.611. The van der Waals surface area contributed by atoms with Crippen LogP contribution in [0, 0.1) is 0 Å². The Morgan fingerprint density at radius 2 is 2.00 bits per heavy atom. The molecular formula is C11H25N3O. The minimum Gasteiger partial charge on any atom is -0.368 e. The summed E-state index contributed by atoms with van der Waals surface area (Å²) in [7, 11) is 2.01. The molecule has 0 bridgehead atoms.